The van der Waals surface area contributed by atoms with E-state index < -0.39 is 0 Å². The molecule has 23 heavy (non-hydrogen) atoms. The monoisotopic (exact) mass is 331 g/mol. The number of ether oxygens (including phenoxy) is 1. The highest BCUT2D eigenvalue weighted by Gasteiger charge is 2.26. The third kappa shape index (κ3) is 3.50. The summed E-state index contributed by atoms with van der Waals surface area (Å²) in [5.41, 5.74) is 2.31. The van der Waals surface area contributed by atoms with Gasteiger partial charge in [0.15, 0.2) is 0 Å². The van der Waals surface area contributed by atoms with Gasteiger partial charge in [0.2, 0.25) is 0 Å². The van der Waals surface area contributed by atoms with Crippen molar-refractivity contribution in [3.63, 3.8) is 0 Å². The van der Waals surface area contributed by atoms with Crippen molar-refractivity contribution in [1.29, 1.82) is 0 Å². The Morgan fingerprint density at radius 3 is 2.78 bits per heavy atom. The van der Waals surface area contributed by atoms with Crippen molar-refractivity contribution in [3.05, 3.63) is 47.4 Å². The maximum absolute atomic E-state index is 6.01. The first kappa shape index (κ1) is 16.2. The molecule has 0 bridgehead atoms. The maximum atomic E-state index is 6.01. The van der Waals surface area contributed by atoms with Gasteiger partial charge in [-0.25, -0.2) is 9.99 Å². The van der Waals surface area contributed by atoms with E-state index in [0.717, 1.165) is 23.9 Å². The summed E-state index contributed by atoms with van der Waals surface area (Å²) in [7, 11) is 3.85. The number of aromatic nitrogens is 1. The molecule has 1 aliphatic heterocycles. The predicted octanol–water partition coefficient (Wildman–Crippen LogP) is 3.82. The van der Waals surface area contributed by atoms with Crippen molar-refractivity contribution in [1.82, 2.24) is 15.0 Å². The number of nitrogens with zero attached hydrogens (tertiary/aromatic N) is 3. The molecule has 122 valence electrons. The number of benzene rings is 1. The standard InChI is InChI=1S/C18H22ClN3O/c1-18(2,23-4)12-22-11-16(10-21(22)3)13-5-6-14-9-20-17(19)8-15(14)7-13/h5-9,11H,10,12H2,1-4H3. The molecule has 0 fully saturated rings. The number of fused-ring (bicyclic) bond motifs is 1. The number of hydrazine groups is 1. The van der Waals surface area contributed by atoms with E-state index in [1.807, 2.05) is 12.3 Å². The summed E-state index contributed by atoms with van der Waals surface area (Å²) in [6, 6.07) is 8.32. The van der Waals surface area contributed by atoms with Gasteiger partial charge in [-0.05, 0) is 42.5 Å². The third-order valence-electron chi connectivity index (χ3n) is 4.30. The van der Waals surface area contributed by atoms with Crippen LogP contribution in [0.4, 0.5) is 0 Å². The molecule has 2 aromatic rings. The molecule has 0 aliphatic carbocycles. The van der Waals surface area contributed by atoms with Gasteiger partial charge < -0.3 is 9.75 Å². The van der Waals surface area contributed by atoms with Crippen molar-refractivity contribution >= 4 is 27.9 Å². The number of halogens is 1. The first-order valence-electron chi connectivity index (χ1n) is 7.67. The lowest BCUT2D eigenvalue weighted by molar-refractivity contribution is -0.0421. The lowest BCUT2D eigenvalue weighted by Gasteiger charge is -2.33. The highest BCUT2D eigenvalue weighted by molar-refractivity contribution is 6.30. The van der Waals surface area contributed by atoms with Gasteiger partial charge >= 0.3 is 0 Å². The van der Waals surface area contributed by atoms with Gasteiger partial charge in [0.1, 0.15) is 5.15 Å². The molecule has 4 nitrogen and oxygen atoms in total. The molecule has 0 unspecified atom stereocenters. The van der Waals surface area contributed by atoms with E-state index in [9.17, 15) is 0 Å². The molecule has 1 aromatic heterocycles. The summed E-state index contributed by atoms with van der Waals surface area (Å²) in [6.45, 7) is 5.88. The van der Waals surface area contributed by atoms with Gasteiger partial charge in [-0.3, -0.25) is 0 Å². The number of hydrogen-bond donors (Lipinski definition) is 0. The Kier molecular flexibility index (Phi) is 4.32. The molecule has 0 radical (unpaired) electrons. The van der Waals surface area contributed by atoms with E-state index in [-0.39, 0.29) is 5.60 Å². The molecule has 0 atom stereocenters. The molecule has 0 saturated carbocycles. The van der Waals surface area contributed by atoms with Crippen LogP contribution >= 0.6 is 11.6 Å². The topological polar surface area (TPSA) is 28.6 Å². The van der Waals surface area contributed by atoms with E-state index in [1.165, 1.54) is 11.1 Å². The van der Waals surface area contributed by atoms with Crippen LogP contribution < -0.4 is 0 Å². The number of hydrogen-bond acceptors (Lipinski definition) is 4. The van der Waals surface area contributed by atoms with Gasteiger partial charge in [-0.2, -0.15) is 0 Å². The van der Waals surface area contributed by atoms with Crippen LogP contribution in [0.5, 0.6) is 0 Å². The zero-order chi connectivity index (χ0) is 16.6. The van der Waals surface area contributed by atoms with Gasteiger partial charge in [-0.15, -0.1) is 0 Å². The van der Waals surface area contributed by atoms with Crippen LogP contribution in [0.3, 0.4) is 0 Å². The van der Waals surface area contributed by atoms with Crippen molar-refractivity contribution in [2.75, 3.05) is 27.2 Å². The normalized spacial score (nSPS) is 16.2. The molecule has 0 spiro atoms. The Bertz CT molecular complexity index is 757. The highest BCUT2D eigenvalue weighted by atomic mass is 35.5. The minimum Gasteiger partial charge on any atom is -0.377 e. The summed E-state index contributed by atoms with van der Waals surface area (Å²) in [6.07, 6.45) is 4.01. The summed E-state index contributed by atoms with van der Waals surface area (Å²) >= 11 is 6.01. The van der Waals surface area contributed by atoms with Crippen molar-refractivity contribution in [2.24, 2.45) is 0 Å². The van der Waals surface area contributed by atoms with Gasteiger partial charge in [0, 0.05) is 38.5 Å². The van der Waals surface area contributed by atoms with Crippen LogP contribution in [0.15, 0.2) is 36.7 Å². The Morgan fingerprint density at radius 1 is 1.26 bits per heavy atom. The molecule has 5 heteroatoms. The Hall–Kier alpha value is -1.62. The third-order valence-corrected chi connectivity index (χ3v) is 4.50. The van der Waals surface area contributed by atoms with Crippen molar-refractivity contribution in [2.45, 2.75) is 19.4 Å². The van der Waals surface area contributed by atoms with Crippen molar-refractivity contribution in [3.8, 4) is 0 Å². The predicted molar refractivity (Wildman–Crippen MR) is 95.2 cm³/mol. The second-order valence-electron chi connectivity index (χ2n) is 6.60. The molecular weight excluding hydrogens is 310 g/mol. The summed E-state index contributed by atoms with van der Waals surface area (Å²) in [5.74, 6) is 0. The number of methoxy groups -OCH3 is 1. The number of likely N-dealkylation sites (N-methyl/N-ethyl adjacent to an activating group) is 1. The van der Waals surface area contributed by atoms with Gasteiger partial charge in [-0.1, -0.05) is 23.7 Å². The first-order valence-corrected chi connectivity index (χ1v) is 8.05. The SMILES string of the molecule is COC(C)(C)CN1C=C(c2ccc3cnc(Cl)cc3c2)CN1C. The quantitative estimate of drug-likeness (QED) is 0.796. The minimum atomic E-state index is -0.192. The fourth-order valence-corrected chi connectivity index (χ4v) is 2.92. The highest BCUT2D eigenvalue weighted by Crippen LogP contribution is 2.28. The number of pyridine rings is 1. The zero-order valence-electron chi connectivity index (χ0n) is 14.0. The fourth-order valence-electron chi connectivity index (χ4n) is 2.76. The van der Waals surface area contributed by atoms with E-state index in [4.69, 9.17) is 16.3 Å². The zero-order valence-corrected chi connectivity index (χ0v) is 14.8. The van der Waals surface area contributed by atoms with Crippen LogP contribution in [0, 0.1) is 0 Å². The molecular formula is C18H22ClN3O. The van der Waals surface area contributed by atoms with Crippen molar-refractivity contribution < 1.29 is 4.74 Å². The summed E-state index contributed by atoms with van der Waals surface area (Å²) in [4.78, 5) is 4.13. The van der Waals surface area contributed by atoms with Crippen LogP contribution in [-0.4, -0.2) is 47.8 Å². The first-order chi connectivity index (χ1) is 10.9. The fraction of sp³-hybridized carbons (Fsp3) is 0.389. The average Bonchev–Trinajstić information content (AvgIpc) is 2.87. The van der Waals surface area contributed by atoms with Crippen LogP contribution in [-0.2, 0) is 4.74 Å². The Morgan fingerprint density at radius 2 is 2.04 bits per heavy atom. The molecule has 3 rings (SSSR count). The van der Waals surface area contributed by atoms with Gasteiger partial charge in [0.05, 0.1) is 12.1 Å². The Labute approximate surface area is 142 Å². The van der Waals surface area contributed by atoms with E-state index in [0.29, 0.717) is 5.15 Å². The molecule has 1 aliphatic rings. The summed E-state index contributed by atoms with van der Waals surface area (Å²) in [5, 5.41) is 7.15. The van der Waals surface area contributed by atoms with E-state index in [2.05, 4.69) is 60.3 Å². The molecule has 2 heterocycles. The van der Waals surface area contributed by atoms with Crippen LogP contribution in [0.1, 0.15) is 19.4 Å². The summed E-state index contributed by atoms with van der Waals surface area (Å²) < 4.78 is 5.54. The minimum absolute atomic E-state index is 0.192. The number of rotatable bonds is 4. The maximum Gasteiger partial charge on any atom is 0.129 e. The Balaban J connectivity index is 1.89. The molecule has 0 amide bonds. The van der Waals surface area contributed by atoms with E-state index in [1.54, 1.807) is 7.11 Å². The molecule has 0 N–H and O–H groups in total. The largest absolute Gasteiger partial charge is 0.377 e. The molecule has 1 aromatic carbocycles. The molecule has 0 saturated heterocycles. The van der Waals surface area contributed by atoms with Gasteiger partial charge in [0.25, 0.3) is 0 Å². The smallest absolute Gasteiger partial charge is 0.129 e. The average molecular weight is 332 g/mol. The van der Waals surface area contributed by atoms with E-state index >= 15 is 0 Å². The second kappa shape index (κ2) is 6.11. The lowest BCUT2D eigenvalue weighted by atomic mass is 10.0. The van der Waals surface area contributed by atoms with Crippen LogP contribution in [0.25, 0.3) is 16.3 Å². The van der Waals surface area contributed by atoms with Crippen LogP contribution in [0.2, 0.25) is 5.15 Å². The lowest BCUT2D eigenvalue weighted by Crippen LogP contribution is -2.42. The second-order valence-corrected chi connectivity index (χ2v) is 6.99.